The average Bonchev–Trinajstić information content (AvgIpc) is 2.23. The minimum absolute atomic E-state index is 0.865. The predicted molar refractivity (Wildman–Crippen MR) is 66.0 cm³/mol. The number of nitrogens with one attached hydrogen (secondary N) is 1. The van der Waals surface area contributed by atoms with E-state index in [0.29, 0.717) is 0 Å². The molecule has 0 bridgehead atoms. The molecule has 15 heavy (non-hydrogen) atoms. The Morgan fingerprint density at radius 3 is 2.40 bits per heavy atom. The molecule has 0 aromatic heterocycles. The third kappa shape index (κ3) is 3.48. The van der Waals surface area contributed by atoms with Crippen molar-refractivity contribution in [1.29, 1.82) is 0 Å². The summed E-state index contributed by atoms with van der Waals surface area (Å²) in [6.07, 6.45) is 13.1. The van der Waals surface area contributed by atoms with Gasteiger partial charge in [-0.2, -0.15) is 0 Å². The smallest absolute Gasteiger partial charge is 0.00671 e. The summed E-state index contributed by atoms with van der Waals surface area (Å²) in [4.78, 5) is 0. The van der Waals surface area contributed by atoms with Gasteiger partial charge in [0.25, 0.3) is 0 Å². The highest BCUT2D eigenvalue weighted by Crippen LogP contribution is 2.36. The molecule has 0 heterocycles. The van der Waals surface area contributed by atoms with Crippen molar-refractivity contribution in [3.8, 4) is 0 Å². The Hall–Kier alpha value is -0.0400. The fraction of sp³-hybridized carbons (Fsp3) is 1.00. The van der Waals surface area contributed by atoms with Gasteiger partial charge in [0.05, 0.1) is 0 Å². The summed E-state index contributed by atoms with van der Waals surface area (Å²) in [6, 6.07) is 0.865. The largest absolute Gasteiger partial charge is 0.314 e. The zero-order chi connectivity index (χ0) is 10.5. The van der Waals surface area contributed by atoms with Crippen LogP contribution in [0.5, 0.6) is 0 Å². The lowest BCUT2D eigenvalue weighted by molar-refractivity contribution is 0.168. The van der Waals surface area contributed by atoms with E-state index in [2.05, 4.69) is 12.2 Å². The second kappa shape index (κ2) is 5.89. The molecule has 2 rings (SSSR count). The van der Waals surface area contributed by atoms with Crippen LogP contribution in [0.1, 0.15) is 64.7 Å². The molecule has 0 radical (unpaired) electrons. The van der Waals surface area contributed by atoms with Crippen LogP contribution in [0.15, 0.2) is 0 Å². The van der Waals surface area contributed by atoms with Gasteiger partial charge in [0.1, 0.15) is 0 Å². The van der Waals surface area contributed by atoms with Gasteiger partial charge in [-0.1, -0.05) is 39.0 Å². The van der Waals surface area contributed by atoms with Crippen LogP contribution in [0, 0.1) is 11.8 Å². The second-order valence-corrected chi connectivity index (χ2v) is 5.74. The monoisotopic (exact) mass is 209 g/mol. The molecule has 0 spiro atoms. The van der Waals surface area contributed by atoms with Crippen molar-refractivity contribution in [1.82, 2.24) is 5.32 Å². The molecule has 0 atom stereocenters. The van der Waals surface area contributed by atoms with Crippen molar-refractivity contribution in [2.24, 2.45) is 11.8 Å². The molecule has 88 valence electrons. The Balaban J connectivity index is 1.52. The molecular weight excluding hydrogens is 182 g/mol. The van der Waals surface area contributed by atoms with E-state index in [9.17, 15) is 0 Å². The average molecular weight is 209 g/mol. The van der Waals surface area contributed by atoms with Gasteiger partial charge >= 0.3 is 0 Å². The minimum atomic E-state index is 0.865. The van der Waals surface area contributed by atoms with Crippen molar-refractivity contribution < 1.29 is 0 Å². The Morgan fingerprint density at radius 1 is 1.00 bits per heavy atom. The fourth-order valence-electron chi connectivity index (χ4n) is 3.32. The molecule has 1 nitrogen and oxygen atoms in total. The van der Waals surface area contributed by atoms with E-state index in [1.807, 2.05) is 0 Å². The Kier molecular flexibility index (Phi) is 4.49. The third-order valence-corrected chi connectivity index (χ3v) is 4.33. The van der Waals surface area contributed by atoms with Crippen LogP contribution in [-0.4, -0.2) is 12.6 Å². The number of rotatable bonds is 5. The maximum absolute atomic E-state index is 3.79. The van der Waals surface area contributed by atoms with Crippen molar-refractivity contribution in [2.75, 3.05) is 6.54 Å². The van der Waals surface area contributed by atoms with Crippen LogP contribution in [-0.2, 0) is 0 Å². The lowest BCUT2D eigenvalue weighted by Gasteiger charge is -2.37. The first-order chi connectivity index (χ1) is 7.38. The van der Waals surface area contributed by atoms with E-state index in [1.54, 1.807) is 0 Å². The van der Waals surface area contributed by atoms with Crippen LogP contribution in [0.25, 0.3) is 0 Å². The normalized spacial score (nSPS) is 32.6. The minimum Gasteiger partial charge on any atom is -0.314 e. The highest BCUT2D eigenvalue weighted by atomic mass is 14.9. The van der Waals surface area contributed by atoms with E-state index in [0.717, 1.165) is 17.9 Å². The SMILES string of the molecule is CCCC1CC(CNC2CCCCC2)C1. The lowest BCUT2D eigenvalue weighted by atomic mass is 9.72. The summed E-state index contributed by atoms with van der Waals surface area (Å²) < 4.78 is 0. The first-order valence-corrected chi connectivity index (χ1v) is 7.12. The van der Waals surface area contributed by atoms with Crippen LogP contribution in [0.3, 0.4) is 0 Å². The Bertz CT molecular complexity index is 166. The Morgan fingerprint density at radius 2 is 1.73 bits per heavy atom. The molecule has 0 aromatic carbocycles. The van der Waals surface area contributed by atoms with Crippen molar-refractivity contribution in [3.63, 3.8) is 0 Å². The van der Waals surface area contributed by atoms with Crippen LogP contribution >= 0.6 is 0 Å². The second-order valence-electron chi connectivity index (χ2n) is 5.74. The van der Waals surface area contributed by atoms with Gasteiger partial charge < -0.3 is 5.32 Å². The molecule has 2 fully saturated rings. The topological polar surface area (TPSA) is 12.0 Å². The number of hydrogen-bond donors (Lipinski definition) is 1. The first kappa shape index (κ1) is 11.4. The lowest BCUT2D eigenvalue weighted by Crippen LogP contribution is -2.39. The van der Waals surface area contributed by atoms with Gasteiger partial charge in [0, 0.05) is 6.04 Å². The summed E-state index contributed by atoms with van der Waals surface area (Å²) in [6.45, 7) is 3.62. The van der Waals surface area contributed by atoms with Gasteiger partial charge in [-0.25, -0.2) is 0 Å². The fourth-order valence-corrected chi connectivity index (χ4v) is 3.32. The van der Waals surface area contributed by atoms with Gasteiger partial charge in [0.2, 0.25) is 0 Å². The summed E-state index contributed by atoms with van der Waals surface area (Å²) in [5.41, 5.74) is 0. The standard InChI is InChI=1S/C14H27N/c1-2-6-12-9-13(10-12)11-15-14-7-4-3-5-8-14/h12-15H,2-11H2,1H3. The highest BCUT2D eigenvalue weighted by molar-refractivity contribution is 4.82. The van der Waals surface area contributed by atoms with Gasteiger partial charge in [0.15, 0.2) is 0 Å². The molecule has 0 aromatic rings. The van der Waals surface area contributed by atoms with Gasteiger partial charge in [-0.05, 0) is 44.1 Å². The first-order valence-electron chi connectivity index (χ1n) is 7.12. The molecule has 0 saturated heterocycles. The van der Waals surface area contributed by atoms with E-state index in [-0.39, 0.29) is 0 Å². The number of hydrogen-bond acceptors (Lipinski definition) is 1. The van der Waals surface area contributed by atoms with Crippen molar-refractivity contribution >= 4 is 0 Å². The van der Waals surface area contributed by atoms with Crippen LogP contribution < -0.4 is 5.32 Å². The molecule has 1 N–H and O–H groups in total. The molecule has 0 amide bonds. The molecule has 2 aliphatic carbocycles. The summed E-state index contributed by atoms with van der Waals surface area (Å²) in [7, 11) is 0. The van der Waals surface area contributed by atoms with E-state index in [4.69, 9.17) is 0 Å². The molecular formula is C14H27N. The molecule has 0 unspecified atom stereocenters. The summed E-state index contributed by atoms with van der Waals surface area (Å²) in [5, 5.41) is 3.79. The third-order valence-electron chi connectivity index (χ3n) is 4.33. The highest BCUT2D eigenvalue weighted by Gasteiger charge is 2.28. The zero-order valence-corrected chi connectivity index (χ0v) is 10.3. The molecule has 2 saturated carbocycles. The van der Waals surface area contributed by atoms with E-state index in [1.165, 1.54) is 64.3 Å². The molecule has 2 aliphatic rings. The maximum Gasteiger partial charge on any atom is 0.00671 e. The molecule has 1 heteroatoms. The zero-order valence-electron chi connectivity index (χ0n) is 10.3. The van der Waals surface area contributed by atoms with Gasteiger partial charge in [-0.3, -0.25) is 0 Å². The van der Waals surface area contributed by atoms with Crippen molar-refractivity contribution in [2.45, 2.75) is 70.8 Å². The molecule has 0 aliphatic heterocycles. The van der Waals surface area contributed by atoms with Gasteiger partial charge in [-0.15, -0.1) is 0 Å². The maximum atomic E-state index is 3.79. The van der Waals surface area contributed by atoms with Crippen molar-refractivity contribution in [3.05, 3.63) is 0 Å². The predicted octanol–water partition coefficient (Wildman–Crippen LogP) is 3.74. The Labute approximate surface area is 95.0 Å². The summed E-state index contributed by atoms with van der Waals surface area (Å²) in [5.74, 6) is 2.09. The van der Waals surface area contributed by atoms with E-state index >= 15 is 0 Å². The van der Waals surface area contributed by atoms with E-state index < -0.39 is 0 Å². The van der Waals surface area contributed by atoms with Crippen LogP contribution in [0.2, 0.25) is 0 Å². The quantitative estimate of drug-likeness (QED) is 0.727. The van der Waals surface area contributed by atoms with Crippen LogP contribution in [0.4, 0.5) is 0 Å². The summed E-state index contributed by atoms with van der Waals surface area (Å²) >= 11 is 0.